The SMILES string of the molecule is CN(C)c1nc(N2CCC(CNC(=O)Cc3ccc(Br)cc3OC(F)(F)F)CC2)nc2ccccc12. The Labute approximate surface area is 215 Å². The smallest absolute Gasteiger partial charge is 0.405 e. The van der Waals surface area contributed by atoms with Gasteiger partial charge in [0.05, 0.1) is 11.9 Å². The molecule has 1 aromatic heterocycles. The largest absolute Gasteiger partial charge is 0.573 e. The molecule has 1 amide bonds. The number of ether oxygens (including phenoxy) is 1. The third kappa shape index (κ3) is 6.57. The van der Waals surface area contributed by atoms with E-state index in [9.17, 15) is 18.0 Å². The van der Waals surface area contributed by atoms with E-state index >= 15 is 0 Å². The number of carbonyl (C=O) groups is 1. The summed E-state index contributed by atoms with van der Waals surface area (Å²) >= 11 is 3.13. The van der Waals surface area contributed by atoms with Crippen molar-refractivity contribution in [2.45, 2.75) is 25.6 Å². The molecular formula is C25H27BrF3N5O2. The first-order valence-electron chi connectivity index (χ1n) is 11.6. The normalized spacial score (nSPS) is 14.7. The molecule has 2 heterocycles. The number of hydrogen-bond acceptors (Lipinski definition) is 6. The summed E-state index contributed by atoms with van der Waals surface area (Å²) in [6, 6.07) is 12.2. The van der Waals surface area contributed by atoms with E-state index in [2.05, 4.69) is 30.9 Å². The third-order valence-electron chi connectivity index (χ3n) is 6.09. The lowest BCUT2D eigenvalue weighted by molar-refractivity contribution is -0.274. The fraction of sp³-hybridized carbons (Fsp3) is 0.400. The molecule has 0 saturated carbocycles. The standard InChI is InChI=1S/C25H27BrF3N5O2/c1-33(2)23-19-5-3-4-6-20(19)31-24(32-23)34-11-9-16(10-12-34)15-30-22(35)13-17-7-8-18(26)14-21(17)36-25(27,28)29/h3-8,14,16H,9-13,15H2,1-2H3,(H,30,35). The topological polar surface area (TPSA) is 70.6 Å². The fourth-order valence-electron chi connectivity index (χ4n) is 4.26. The molecule has 1 aliphatic heterocycles. The third-order valence-corrected chi connectivity index (χ3v) is 6.58. The van der Waals surface area contributed by atoms with Gasteiger partial charge in [0.15, 0.2) is 0 Å². The molecule has 0 radical (unpaired) electrons. The lowest BCUT2D eigenvalue weighted by atomic mass is 9.97. The van der Waals surface area contributed by atoms with E-state index in [1.54, 1.807) is 6.07 Å². The van der Waals surface area contributed by atoms with Crippen molar-refractivity contribution in [2.75, 3.05) is 43.5 Å². The first-order valence-corrected chi connectivity index (χ1v) is 12.4. The molecule has 1 fully saturated rings. The van der Waals surface area contributed by atoms with Crippen LogP contribution in [-0.2, 0) is 11.2 Å². The van der Waals surface area contributed by atoms with Crippen LogP contribution in [0.4, 0.5) is 24.9 Å². The zero-order valence-electron chi connectivity index (χ0n) is 20.0. The van der Waals surface area contributed by atoms with Gasteiger partial charge in [-0.1, -0.05) is 34.1 Å². The highest BCUT2D eigenvalue weighted by molar-refractivity contribution is 9.10. The van der Waals surface area contributed by atoms with Gasteiger partial charge in [0.25, 0.3) is 0 Å². The Kier molecular flexibility index (Phi) is 7.87. The molecule has 2 aromatic carbocycles. The maximum absolute atomic E-state index is 12.7. The maximum Gasteiger partial charge on any atom is 0.573 e. The molecule has 3 aromatic rings. The van der Waals surface area contributed by atoms with Crippen LogP contribution in [0, 0.1) is 5.92 Å². The molecule has 7 nitrogen and oxygen atoms in total. The zero-order valence-corrected chi connectivity index (χ0v) is 21.6. The maximum atomic E-state index is 12.7. The van der Waals surface area contributed by atoms with Crippen LogP contribution < -0.4 is 19.9 Å². The Balaban J connectivity index is 1.33. The van der Waals surface area contributed by atoms with E-state index in [0.717, 1.165) is 42.7 Å². The number of anilines is 2. The van der Waals surface area contributed by atoms with Gasteiger partial charge in [0.2, 0.25) is 11.9 Å². The van der Waals surface area contributed by atoms with Crippen LogP contribution in [0.25, 0.3) is 10.9 Å². The van der Waals surface area contributed by atoms with Crippen LogP contribution in [0.3, 0.4) is 0 Å². The first kappa shape index (κ1) is 26.0. The Bertz CT molecular complexity index is 1230. The summed E-state index contributed by atoms with van der Waals surface area (Å²) in [6.07, 6.45) is -3.35. The number of para-hydroxylation sites is 1. The van der Waals surface area contributed by atoms with Crippen molar-refractivity contribution in [2.24, 2.45) is 5.92 Å². The second-order valence-corrected chi connectivity index (χ2v) is 9.89. The molecule has 1 saturated heterocycles. The van der Waals surface area contributed by atoms with E-state index in [1.807, 2.05) is 43.3 Å². The minimum atomic E-state index is -4.83. The van der Waals surface area contributed by atoms with Gasteiger partial charge in [0.1, 0.15) is 11.6 Å². The van der Waals surface area contributed by atoms with Crippen LogP contribution in [0.15, 0.2) is 46.9 Å². The van der Waals surface area contributed by atoms with Crippen LogP contribution in [-0.4, -0.2) is 56.0 Å². The van der Waals surface area contributed by atoms with E-state index in [4.69, 9.17) is 9.97 Å². The number of alkyl halides is 3. The highest BCUT2D eigenvalue weighted by Gasteiger charge is 2.32. The minimum absolute atomic E-state index is 0.174. The number of aromatic nitrogens is 2. The molecular weight excluding hydrogens is 539 g/mol. The van der Waals surface area contributed by atoms with Crippen LogP contribution >= 0.6 is 15.9 Å². The predicted octanol–water partition coefficient (Wildman–Crippen LogP) is 4.93. The van der Waals surface area contributed by atoms with Crippen LogP contribution in [0.5, 0.6) is 5.75 Å². The van der Waals surface area contributed by atoms with Gasteiger partial charge in [0, 0.05) is 49.2 Å². The number of nitrogens with zero attached hydrogens (tertiary/aromatic N) is 4. The van der Waals surface area contributed by atoms with Gasteiger partial charge < -0.3 is 19.9 Å². The molecule has 0 atom stereocenters. The van der Waals surface area contributed by atoms with Crippen molar-refractivity contribution in [3.63, 3.8) is 0 Å². The molecule has 36 heavy (non-hydrogen) atoms. The van der Waals surface area contributed by atoms with Gasteiger partial charge in [-0.25, -0.2) is 4.98 Å². The second kappa shape index (κ2) is 10.9. The van der Waals surface area contributed by atoms with E-state index in [0.29, 0.717) is 17.0 Å². The van der Waals surface area contributed by atoms with E-state index in [1.165, 1.54) is 12.1 Å². The molecule has 0 aliphatic carbocycles. The van der Waals surface area contributed by atoms with Gasteiger partial charge in [-0.3, -0.25) is 4.79 Å². The number of benzene rings is 2. The summed E-state index contributed by atoms with van der Waals surface area (Å²) in [6.45, 7) is 1.96. The lowest BCUT2D eigenvalue weighted by Crippen LogP contribution is -2.39. The molecule has 0 bridgehead atoms. The van der Waals surface area contributed by atoms with Gasteiger partial charge >= 0.3 is 6.36 Å². The lowest BCUT2D eigenvalue weighted by Gasteiger charge is -2.32. The summed E-state index contributed by atoms with van der Waals surface area (Å²) in [5, 5.41) is 3.86. The number of fused-ring (bicyclic) bond motifs is 1. The Morgan fingerprint density at radius 3 is 2.58 bits per heavy atom. The molecule has 192 valence electrons. The van der Waals surface area contributed by atoms with Crippen molar-refractivity contribution in [3.05, 3.63) is 52.5 Å². The molecule has 1 N–H and O–H groups in total. The predicted molar refractivity (Wildman–Crippen MR) is 136 cm³/mol. The van der Waals surface area contributed by atoms with Gasteiger partial charge in [-0.05, 0) is 43.0 Å². The second-order valence-electron chi connectivity index (χ2n) is 8.97. The minimum Gasteiger partial charge on any atom is -0.405 e. The fourth-order valence-corrected chi connectivity index (χ4v) is 4.60. The monoisotopic (exact) mass is 565 g/mol. The Morgan fingerprint density at radius 2 is 1.89 bits per heavy atom. The molecule has 11 heteroatoms. The quantitative estimate of drug-likeness (QED) is 0.438. The summed E-state index contributed by atoms with van der Waals surface area (Å²) in [5.41, 5.74) is 1.07. The summed E-state index contributed by atoms with van der Waals surface area (Å²) in [5.74, 6) is 1.09. The van der Waals surface area contributed by atoms with Crippen LogP contribution in [0.2, 0.25) is 0 Å². The van der Waals surface area contributed by atoms with Crippen molar-refractivity contribution in [3.8, 4) is 5.75 Å². The molecule has 0 spiro atoms. The average molecular weight is 566 g/mol. The van der Waals surface area contributed by atoms with Crippen LogP contribution in [0.1, 0.15) is 18.4 Å². The number of rotatable bonds is 7. The van der Waals surface area contributed by atoms with Crippen molar-refractivity contribution >= 4 is 44.5 Å². The number of hydrogen-bond donors (Lipinski definition) is 1. The summed E-state index contributed by atoms with van der Waals surface area (Å²) in [7, 11) is 3.92. The van der Waals surface area contributed by atoms with E-state index in [-0.39, 0.29) is 29.6 Å². The number of halogens is 4. The number of carbonyl (C=O) groups excluding carboxylic acids is 1. The number of amides is 1. The average Bonchev–Trinajstić information content (AvgIpc) is 2.83. The highest BCUT2D eigenvalue weighted by Crippen LogP contribution is 2.30. The summed E-state index contributed by atoms with van der Waals surface area (Å²) in [4.78, 5) is 26.1. The zero-order chi connectivity index (χ0) is 25.9. The van der Waals surface area contributed by atoms with E-state index < -0.39 is 6.36 Å². The van der Waals surface area contributed by atoms with Gasteiger partial charge in [-0.15, -0.1) is 13.2 Å². The highest BCUT2D eigenvalue weighted by atomic mass is 79.9. The first-order chi connectivity index (χ1) is 17.1. The van der Waals surface area contributed by atoms with Crippen molar-refractivity contribution < 1.29 is 22.7 Å². The number of piperidine rings is 1. The van der Waals surface area contributed by atoms with Crippen molar-refractivity contribution in [1.29, 1.82) is 0 Å². The molecule has 1 aliphatic rings. The summed E-state index contributed by atoms with van der Waals surface area (Å²) < 4.78 is 42.7. The number of nitrogens with one attached hydrogen (secondary N) is 1. The van der Waals surface area contributed by atoms with Gasteiger partial charge in [-0.2, -0.15) is 4.98 Å². The van der Waals surface area contributed by atoms with Crippen molar-refractivity contribution in [1.82, 2.24) is 15.3 Å². The molecule has 0 unspecified atom stereocenters. The molecule has 4 rings (SSSR count). The Hall–Kier alpha value is -3.08. The Morgan fingerprint density at radius 1 is 1.17 bits per heavy atom.